The summed E-state index contributed by atoms with van der Waals surface area (Å²) in [5, 5.41) is 10.0. The largest absolute Gasteiger partial charge is 0.487 e. The molecule has 1 aromatic rings. The van der Waals surface area contributed by atoms with Gasteiger partial charge in [0.2, 0.25) is 0 Å². The number of nitrogens with two attached hydrogens (primary N) is 1. The van der Waals surface area contributed by atoms with Crippen LogP contribution >= 0.6 is 0 Å². The molecular formula is C16H23NO2. The van der Waals surface area contributed by atoms with Crippen molar-refractivity contribution < 1.29 is 9.84 Å². The highest BCUT2D eigenvalue weighted by atomic mass is 16.5. The molecule has 0 heterocycles. The lowest BCUT2D eigenvalue weighted by molar-refractivity contribution is 0.00626. The first-order valence-electron chi connectivity index (χ1n) is 7.48. The summed E-state index contributed by atoms with van der Waals surface area (Å²) in [6, 6.07) is 6.30. The minimum Gasteiger partial charge on any atom is -0.487 e. The van der Waals surface area contributed by atoms with E-state index in [4.69, 9.17) is 10.5 Å². The molecule has 2 aliphatic rings. The number of aliphatic hydroxyl groups excluding tert-OH is 1. The number of benzene rings is 1. The van der Waals surface area contributed by atoms with Gasteiger partial charge < -0.3 is 15.6 Å². The van der Waals surface area contributed by atoms with Gasteiger partial charge in [0.1, 0.15) is 11.9 Å². The molecule has 1 saturated carbocycles. The fourth-order valence-corrected chi connectivity index (χ4v) is 3.34. The predicted octanol–water partition coefficient (Wildman–Crippen LogP) is 2.71. The van der Waals surface area contributed by atoms with Gasteiger partial charge in [-0.3, -0.25) is 0 Å². The van der Waals surface area contributed by atoms with Crippen molar-refractivity contribution in [3.05, 3.63) is 29.3 Å². The zero-order valence-electron chi connectivity index (χ0n) is 11.3. The van der Waals surface area contributed by atoms with Crippen LogP contribution in [0.2, 0.25) is 0 Å². The average Bonchev–Trinajstić information content (AvgIpc) is 2.42. The Kier molecular flexibility index (Phi) is 3.76. The number of rotatable bonds is 2. The first-order valence-corrected chi connectivity index (χ1v) is 7.48. The molecule has 0 spiro atoms. The maximum Gasteiger partial charge on any atom is 0.124 e. The number of ether oxygens (including phenoxy) is 1. The Morgan fingerprint density at radius 1 is 1.11 bits per heavy atom. The second kappa shape index (κ2) is 5.51. The van der Waals surface area contributed by atoms with E-state index >= 15 is 0 Å². The van der Waals surface area contributed by atoms with Crippen molar-refractivity contribution in [3.8, 4) is 5.75 Å². The van der Waals surface area contributed by atoms with Crippen molar-refractivity contribution in [3.63, 3.8) is 0 Å². The van der Waals surface area contributed by atoms with Crippen LogP contribution in [-0.4, -0.2) is 17.3 Å². The molecule has 0 aromatic heterocycles. The zero-order chi connectivity index (χ0) is 13.2. The molecule has 3 heteroatoms. The molecule has 0 radical (unpaired) electrons. The Bertz CT molecular complexity index is 446. The van der Waals surface area contributed by atoms with Crippen LogP contribution in [0.15, 0.2) is 18.2 Å². The summed E-state index contributed by atoms with van der Waals surface area (Å²) in [6.45, 7) is 0. The number of aliphatic hydroxyl groups is 1. The van der Waals surface area contributed by atoms with Crippen molar-refractivity contribution >= 4 is 0 Å². The van der Waals surface area contributed by atoms with Crippen LogP contribution in [-0.2, 0) is 6.42 Å². The summed E-state index contributed by atoms with van der Waals surface area (Å²) in [7, 11) is 0. The molecule has 0 aliphatic heterocycles. The van der Waals surface area contributed by atoms with Crippen LogP contribution in [0.25, 0.3) is 0 Å². The van der Waals surface area contributed by atoms with Crippen LogP contribution in [0.5, 0.6) is 5.75 Å². The van der Waals surface area contributed by atoms with Gasteiger partial charge in [0.25, 0.3) is 0 Å². The van der Waals surface area contributed by atoms with Crippen molar-refractivity contribution in [2.75, 3.05) is 0 Å². The monoisotopic (exact) mass is 261 g/mol. The van der Waals surface area contributed by atoms with Gasteiger partial charge in [-0.2, -0.15) is 0 Å². The molecule has 0 saturated heterocycles. The summed E-state index contributed by atoms with van der Waals surface area (Å²) in [4.78, 5) is 0. The van der Waals surface area contributed by atoms with Crippen LogP contribution in [0, 0.1) is 0 Å². The van der Waals surface area contributed by atoms with Gasteiger partial charge in [-0.1, -0.05) is 18.6 Å². The molecule has 1 fully saturated rings. The molecule has 19 heavy (non-hydrogen) atoms. The maximum atomic E-state index is 10.0. The normalized spacial score (nSPS) is 30.7. The zero-order valence-corrected chi connectivity index (χ0v) is 11.3. The summed E-state index contributed by atoms with van der Waals surface area (Å²) < 4.78 is 6.11. The number of hydrogen-bond donors (Lipinski definition) is 2. The lowest BCUT2D eigenvalue weighted by Gasteiger charge is -2.31. The van der Waals surface area contributed by atoms with Gasteiger partial charge in [-0.25, -0.2) is 0 Å². The molecule has 3 nitrogen and oxygen atoms in total. The van der Waals surface area contributed by atoms with E-state index < -0.39 is 0 Å². The van der Waals surface area contributed by atoms with Gasteiger partial charge >= 0.3 is 0 Å². The first kappa shape index (κ1) is 12.9. The van der Waals surface area contributed by atoms with Crippen molar-refractivity contribution in [2.45, 2.75) is 63.2 Å². The van der Waals surface area contributed by atoms with Gasteiger partial charge in [0, 0.05) is 6.04 Å². The third kappa shape index (κ3) is 2.63. The lowest BCUT2D eigenvalue weighted by Crippen LogP contribution is -2.35. The highest BCUT2D eigenvalue weighted by Crippen LogP contribution is 2.35. The summed E-state index contributed by atoms with van der Waals surface area (Å²) in [5.74, 6) is 0.943. The van der Waals surface area contributed by atoms with Crippen molar-refractivity contribution in [1.82, 2.24) is 0 Å². The van der Waals surface area contributed by atoms with Crippen LogP contribution < -0.4 is 10.5 Å². The SMILES string of the molecule is NC1CCCc2c(OC3CCCCC3O)cccc21. The second-order valence-corrected chi connectivity index (χ2v) is 5.83. The molecule has 104 valence electrons. The highest BCUT2D eigenvalue weighted by Gasteiger charge is 2.27. The van der Waals surface area contributed by atoms with Crippen LogP contribution in [0.4, 0.5) is 0 Å². The standard InChI is InChI=1S/C16H23NO2/c17-13-7-3-6-12-11(13)5-4-10-15(12)19-16-9-2-1-8-14(16)18/h4-5,10,13-14,16,18H,1-3,6-9,17H2. The van der Waals surface area contributed by atoms with Gasteiger partial charge in [0.15, 0.2) is 0 Å². The fourth-order valence-electron chi connectivity index (χ4n) is 3.34. The Labute approximate surface area is 114 Å². The summed E-state index contributed by atoms with van der Waals surface area (Å²) in [6.07, 6.45) is 6.94. The van der Waals surface area contributed by atoms with E-state index in [0.29, 0.717) is 0 Å². The Balaban J connectivity index is 1.83. The first-order chi connectivity index (χ1) is 9.25. The topological polar surface area (TPSA) is 55.5 Å². The van der Waals surface area contributed by atoms with E-state index in [2.05, 4.69) is 6.07 Å². The minimum absolute atomic E-state index is 0.0431. The Morgan fingerprint density at radius 3 is 2.79 bits per heavy atom. The van der Waals surface area contributed by atoms with Gasteiger partial charge in [-0.05, 0) is 55.7 Å². The van der Waals surface area contributed by atoms with E-state index in [9.17, 15) is 5.11 Å². The van der Waals surface area contributed by atoms with Gasteiger partial charge in [-0.15, -0.1) is 0 Å². The van der Waals surface area contributed by atoms with E-state index in [1.807, 2.05) is 12.1 Å². The molecule has 3 atom stereocenters. The highest BCUT2D eigenvalue weighted by molar-refractivity contribution is 5.43. The summed E-state index contributed by atoms with van der Waals surface area (Å²) in [5.41, 5.74) is 8.66. The van der Waals surface area contributed by atoms with Crippen LogP contribution in [0.3, 0.4) is 0 Å². The quantitative estimate of drug-likeness (QED) is 0.860. The third-order valence-electron chi connectivity index (χ3n) is 4.46. The molecule has 0 amide bonds. The molecule has 0 bridgehead atoms. The third-order valence-corrected chi connectivity index (χ3v) is 4.46. The number of fused-ring (bicyclic) bond motifs is 1. The van der Waals surface area contributed by atoms with Crippen LogP contribution in [0.1, 0.15) is 55.7 Å². The Hall–Kier alpha value is -1.06. The number of hydrogen-bond acceptors (Lipinski definition) is 3. The average molecular weight is 261 g/mol. The van der Waals surface area contributed by atoms with E-state index in [0.717, 1.165) is 50.7 Å². The fraction of sp³-hybridized carbons (Fsp3) is 0.625. The second-order valence-electron chi connectivity index (χ2n) is 5.83. The summed E-state index contributed by atoms with van der Waals surface area (Å²) >= 11 is 0. The molecule has 3 N–H and O–H groups in total. The van der Waals surface area contributed by atoms with Gasteiger partial charge in [0.05, 0.1) is 6.10 Å². The molecule has 1 aromatic carbocycles. The molecular weight excluding hydrogens is 238 g/mol. The van der Waals surface area contributed by atoms with E-state index in [1.165, 1.54) is 11.1 Å². The molecule has 3 unspecified atom stereocenters. The predicted molar refractivity (Wildman–Crippen MR) is 75.2 cm³/mol. The van der Waals surface area contributed by atoms with E-state index in [1.54, 1.807) is 0 Å². The minimum atomic E-state index is -0.318. The van der Waals surface area contributed by atoms with Crippen molar-refractivity contribution in [1.29, 1.82) is 0 Å². The smallest absolute Gasteiger partial charge is 0.124 e. The van der Waals surface area contributed by atoms with E-state index in [-0.39, 0.29) is 18.2 Å². The molecule has 2 aliphatic carbocycles. The lowest BCUT2D eigenvalue weighted by atomic mass is 9.87. The Morgan fingerprint density at radius 2 is 1.95 bits per heavy atom. The maximum absolute atomic E-state index is 10.0. The molecule has 3 rings (SSSR count). The van der Waals surface area contributed by atoms with Crippen molar-refractivity contribution in [2.24, 2.45) is 5.73 Å².